The van der Waals surface area contributed by atoms with Gasteiger partial charge < -0.3 is 15.2 Å². The van der Waals surface area contributed by atoms with Crippen LogP contribution in [0.15, 0.2) is 56.8 Å². The first-order valence-electron chi connectivity index (χ1n) is 12.1. The molecule has 0 bridgehead atoms. The van der Waals surface area contributed by atoms with E-state index in [1.165, 1.54) is 18.2 Å². The minimum atomic E-state index is -0.578. The van der Waals surface area contributed by atoms with E-state index in [0.717, 1.165) is 30.5 Å². The van der Waals surface area contributed by atoms with Crippen LogP contribution in [0.4, 0.5) is 5.69 Å². The number of nitrogens with two attached hydrogens (primary N) is 1. The van der Waals surface area contributed by atoms with Crippen LogP contribution >= 0.6 is 27.7 Å². The Balaban J connectivity index is 1.70. The highest BCUT2D eigenvalue weighted by Crippen LogP contribution is 2.42. The Hall–Kier alpha value is -2.78. The summed E-state index contributed by atoms with van der Waals surface area (Å²) in [6, 6.07) is 13.5. The van der Waals surface area contributed by atoms with Gasteiger partial charge in [0, 0.05) is 6.04 Å². The van der Waals surface area contributed by atoms with Crippen molar-refractivity contribution in [3.05, 3.63) is 57.4 Å². The molecule has 36 heavy (non-hydrogen) atoms. The summed E-state index contributed by atoms with van der Waals surface area (Å²) >= 11 is 4.90. The molecule has 9 heteroatoms. The topological polar surface area (TPSA) is 94.2 Å². The molecule has 2 amide bonds. The third kappa shape index (κ3) is 6.13. The lowest BCUT2D eigenvalue weighted by Gasteiger charge is -2.35. The molecule has 190 valence electrons. The number of primary amides is 1. The predicted octanol–water partition coefficient (Wildman–Crippen LogP) is 5.89. The van der Waals surface area contributed by atoms with Crippen molar-refractivity contribution in [3.8, 4) is 11.5 Å². The summed E-state index contributed by atoms with van der Waals surface area (Å²) in [5.41, 5.74) is 6.82. The standard InChI is InChI=1S/C27H30BrN3O4S/c1-3-34-22-14-18(13-20(28)25(22)35-16-24(29)32)15-23-26(33)31(21-12-8-7-9-17(21)2)27(36-23)30-19-10-5-4-6-11-19/h4-6,10-11,13-15,17,21H,3,7-9,12,16H2,1-2H3,(H2,29,32)/b23-15-,30-27?/t17-,21-/m0/s1. The van der Waals surface area contributed by atoms with Crippen molar-refractivity contribution in [1.29, 1.82) is 0 Å². The fourth-order valence-corrected chi connectivity index (χ4v) is 6.14. The number of thioether (sulfide) groups is 1. The van der Waals surface area contributed by atoms with E-state index < -0.39 is 5.91 Å². The molecule has 4 rings (SSSR count). The molecule has 0 radical (unpaired) electrons. The molecule has 0 spiro atoms. The van der Waals surface area contributed by atoms with Crippen molar-refractivity contribution in [2.45, 2.75) is 45.6 Å². The molecule has 2 aromatic rings. The highest BCUT2D eigenvalue weighted by molar-refractivity contribution is 9.10. The van der Waals surface area contributed by atoms with Gasteiger partial charge in [0.1, 0.15) is 0 Å². The number of amidine groups is 1. The summed E-state index contributed by atoms with van der Waals surface area (Å²) in [7, 11) is 0. The van der Waals surface area contributed by atoms with Gasteiger partial charge in [-0.15, -0.1) is 0 Å². The van der Waals surface area contributed by atoms with Gasteiger partial charge in [-0.3, -0.25) is 14.5 Å². The molecule has 2 atom stereocenters. The Morgan fingerprint density at radius 1 is 1.22 bits per heavy atom. The average molecular weight is 573 g/mol. The largest absolute Gasteiger partial charge is 0.490 e. The Bertz CT molecular complexity index is 1190. The Morgan fingerprint density at radius 2 is 1.97 bits per heavy atom. The molecule has 7 nitrogen and oxygen atoms in total. The number of halogens is 1. The number of hydrogen-bond acceptors (Lipinski definition) is 6. The van der Waals surface area contributed by atoms with Gasteiger partial charge in [0.25, 0.3) is 11.8 Å². The molecule has 1 heterocycles. The highest BCUT2D eigenvalue weighted by atomic mass is 79.9. The fourth-order valence-electron chi connectivity index (χ4n) is 4.52. The SMILES string of the molecule is CCOc1cc(/C=C2\SC(=Nc3ccccc3)N([C@H]3CCCC[C@@H]3C)C2=O)cc(Br)c1OCC(N)=O. The van der Waals surface area contributed by atoms with Gasteiger partial charge in [0.2, 0.25) is 0 Å². The molecule has 0 aromatic heterocycles. The summed E-state index contributed by atoms with van der Waals surface area (Å²) in [5.74, 6) is 0.657. The minimum absolute atomic E-state index is 0.0310. The van der Waals surface area contributed by atoms with E-state index in [2.05, 4.69) is 22.9 Å². The first kappa shape index (κ1) is 26.3. The van der Waals surface area contributed by atoms with Crippen LogP contribution in [0.5, 0.6) is 11.5 Å². The molecule has 1 saturated heterocycles. The van der Waals surface area contributed by atoms with Crippen LogP contribution in [0.25, 0.3) is 6.08 Å². The normalized spacial score (nSPS) is 22.3. The van der Waals surface area contributed by atoms with Gasteiger partial charge in [-0.1, -0.05) is 38.0 Å². The number of para-hydroxylation sites is 1. The van der Waals surface area contributed by atoms with E-state index in [0.29, 0.717) is 38.6 Å². The molecular formula is C27H30BrN3O4S. The lowest BCUT2D eigenvalue weighted by atomic mass is 9.85. The van der Waals surface area contributed by atoms with Gasteiger partial charge in [-0.2, -0.15) is 0 Å². The number of benzene rings is 2. The van der Waals surface area contributed by atoms with E-state index in [4.69, 9.17) is 20.2 Å². The number of nitrogens with zero attached hydrogens (tertiary/aromatic N) is 2. The molecule has 2 aromatic carbocycles. The van der Waals surface area contributed by atoms with Crippen molar-refractivity contribution < 1.29 is 19.1 Å². The van der Waals surface area contributed by atoms with E-state index in [-0.39, 0.29) is 18.6 Å². The summed E-state index contributed by atoms with van der Waals surface area (Å²) in [5, 5.41) is 0.710. The molecule has 2 fully saturated rings. The van der Waals surface area contributed by atoms with Crippen molar-refractivity contribution >= 4 is 56.4 Å². The van der Waals surface area contributed by atoms with Crippen LogP contribution in [-0.2, 0) is 9.59 Å². The number of aliphatic imine (C=N–C) groups is 1. The minimum Gasteiger partial charge on any atom is -0.490 e. The van der Waals surface area contributed by atoms with Crippen LogP contribution in [0, 0.1) is 5.92 Å². The van der Waals surface area contributed by atoms with E-state index in [9.17, 15) is 9.59 Å². The maximum atomic E-state index is 13.7. The van der Waals surface area contributed by atoms with Crippen molar-refractivity contribution in [2.75, 3.05) is 13.2 Å². The van der Waals surface area contributed by atoms with Crippen molar-refractivity contribution in [2.24, 2.45) is 16.6 Å². The van der Waals surface area contributed by atoms with Crippen molar-refractivity contribution in [3.63, 3.8) is 0 Å². The molecule has 2 N–H and O–H groups in total. The fraction of sp³-hybridized carbons (Fsp3) is 0.370. The Labute approximate surface area is 224 Å². The zero-order chi connectivity index (χ0) is 25.7. The quantitative estimate of drug-likeness (QED) is 0.398. The first-order chi connectivity index (χ1) is 17.4. The van der Waals surface area contributed by atoms with Crippen LogP contribution < -0.4 is 15.2 Å². The van der Waals surface area contributed by atoms with Crippen LogP contribution in [0.2, 0.25) is 0 Å². The maximum absolute atomic E-state index is 13.7. The Morgan fingerprint density at radius 3 is 2.67 bits per heavy atom. The van der Waals surface area contributed by atoms with Crippen LogP contribution in [0.3, 0.4) is 0 Å². The summed E-state index contributed by atoms with van der Waals surface area (Å²) in [6.45, 7) is 4.23. The molecule has 2 aliphatic rings. The van der Waals surface area contributed by atoms with E-state index >= 15 is 0 Å². The smallest absolute Gasteiger partial charge is 0.267 e. The third-order valence-electron chi connectivity index (χ3n) is 6.20. The molecule has 1 aliphatic heterocycles. The number of carbonyl (C=O) groups excluding carboxylic acids is 2. The number of hydrogen-bond donors (Lipinski definition) is 1. The van der Waals surface area contributed by atoms with E-state index in [1.807, 2.05) is 54.3 Å². The number of carbonyl (C=O) groups is 2. The molecule has 1 saturated carbocycles. The highest BCUT2D eigenvalue weighted by Gasteiger charge is 2.41. The first-order valence-corrected chi connectivity index (χ1v) is 13.7. The molecule has 1 aliphatic carbocycles. The van der Waals surface area contributed by atoms with Gasteiger partial charge in [0.05, 0.1) is 21.7 Å². The predicted molar refractivity (Wildman–Crippen MR) is 147 cm³/mol. The summed E-state index contributed by atoms with van der Waals surface area (Å²) in [4.78, 5) is 32.3. The van der Waals surface area contributed by atoms with Crippen molar-refractivity contribution in [1.82, 2.24) is 4.90 Å². The van der Waals surface area contributed by atoms with E-state index in [1.54, 1.807) is 6.07 Å². The second-order valence-corrected chi connectivity index (χ2v) is 10.7. The second kappa shape index (κ2) is 12.0. The van der Waals surface area contributed by atoms with Crippen LogP contribution in [-0.4, -0.2) is 41.1 Å². The van der Waals surface area contributed by atoms with Gasteiger partial charge in [0.15, 0.2) is 23.3 Å². The monoisotopic (exact) mass is 571 g/mol. The number of amides is 2. The average Bonchev–Trinajstić information content (AvgIpc) is 3.13. The van der Waals surface area contributed by atoms with Gasteiger partial charge in [-0.25, -0.2) is 4.99 Å². The number of rotatable bonds is 8. The van der Waals surface area contributed by atoms with Gasteiger partial charge in [-0.05, 0) is 89.3 Å². The number of ether oxygens (including phenoxy) is 2. The third-order valence-corrected chi connectivity index (χ3v) is 7.78. The second-order valence-electron chi connectivity index (χ2n) is 8.86. The zero-order valence-corrected chi connectivity index (χ0v) is 22.8. The maximum Gasteiger partial charge on any atom is 0.267 e. The van der Waals surface area contributed by atoms with Gasteiger partial charge >= 0.3 is 0 Å². The lowest BCUT2D eigenvalue weighted by Crippen LogP contribution is -2.44. The zero-order valence-electron chi connectivity index (χ0n) is 20.4. The molecule has 0 unspecified atom stereocenters. The summed E-state index contributed by atoms with van der Waals surface area (Å²) in [6.07, 6.45) is 6.23. The summed E-state index contributed by atoms with van der Waals surface area (Å²) < 4.78 is 11.9. The molecular weight excluding hydrogens is 542 g/mol. The lowest BCUT2D eigenvalue weighted by molar-refractivity contribution is -0.125. The Kier molecular flexibility index (Phi) is 8.74. The van der Waals surface area contributed by atoms with Crippen LogP contribution in [0.1, 0.15) is 45.1 Å².